The second-order valence-electron chi connectivity index (χ2n) is 2.90. The molecule has 1 N–H and O–H groups in total. The van der Waals surface area contributed by atoms with E-state index in [1.54, 1.807) is 0 Å². The Balaban J connectivity index is 0. The van der Waals surface area contributed by atoms with Gasteiger partial charge >= 0.3 is 57.4 Å². The number of ether oxygens (including phenoxy) is 1. The second-order valence-corrected chi connectivity index (χ2v) is 2.90. The first-order valence-electron chi connectivity index (χ1n) is 5.14. The average molecular weight is 292 g/mol. The third-order valence-electron chi connectivity index (χ3n) is 1.63. The summed E-state index contributed by atoms with van der Waals surface area (Å²) in [7, 11) is 0. The fraction of sp³-hybridized carbons (Fsp3) is 0.273. The number of non-ortho nitro benzene ring substituents is 1. The Bertz CT molecular complexity index is 444. The predicted octanol–water partition coefficient (Wildman–Crippen LogP) is -0.257. The van der Waals surface area contributed by atoms with E-state index in [0.717, 1.165) is 25.1 Å². The second kappa shape index (κ2) is 10.0. The molecule has 0 saturated heterocycles. The van der Waals surface area contributed by atoms with E-state index in [0.29, 0.717) is 0 Å². The van der Waals surface area contributed by atoms with Crippen molar-refractivity contribution in [1.29, 1.82) is 0 Å². The third-order valence-corrected chi connectivity index (χ3v) is 1.63. The van der Waals surface area contributed by atoms with Crippen molar-refractivity contribution in [2.24, 2.45) is 0 Å². The van der Waals surface area contributed by atoms with Crippen molar-refractivity contribution >= 4 is 17.6 Å². The molecule has 7 nitrogen and oxygen atoms in total. The zero-order valence-corrected chi connectivity index (χ0v) is 14.3. The van der Waals surface area contributed by atoms with E-state index in [4.69, 9.17) is 5.73 Å². The maximum Gasteiger partial charge on any atom is 1.00 e. The fourth-order valence-electron chi connectivity index (χ4n) is 1.04. The largest absolute Gasteiger partial charge is 1.00 e. The molecule has 0 aromatic heterocycles. The van der Waals surface area contributed by atoms with Gasteiger partial charge in [-0.3, -0.25) is 14.9 Å². The maximum atomic E-state index is 10.8. The molecule has 1 aromatic carbocycles. The molecule has 98 valence electrons. The Kier molecular flexibility index (Phi) is 10.8. The van der Waals surface area contributed by atoms with Gasteiger partial charge in [0.15, 0.2) is 0 Å². The zero-order valence-electron chi connectivity index (χ0n) is 11.2. The molecule has 0 saturated carbocycles. The van der Waals surface area contributed by atoms with Gasteiger partial charge < -0.3 is 15.3 Å². The number of nitro benzene ring substituents is 1. The number of nitrogens with zero attached hydrogens (tertiary/aromatic N) is 1. The minimum absolute atomic E-state index is 0. The van der Waals surface area contributed by atoms with E-state index in [1.807, 2.05) is 13.8 Å². The van der Waals surface area contributed by atoms with Gasteiger partial charge in [-0.1, -0.05) is 13.8 Å². The van der Waals surface area contributed by atoms with Crippen molar-refractivity contribution < 1.29 is 70.6 Å². The van der Waals surface area contributed by atoms with Crippen molar-refractivity contribution in [2.45, 2.75) is 20.8 Å². The van der Waals surface area contributed by atoms with Gasteiger partial charge in [-0.2, -0.15) is 0 Å². The molecular formula is C11H13KN2O5. The number of nitrogens with one attached hydrogen (secondary N) is 1. The molecule has 19 heavy (non-hydrogen) atoms. The summed E-state index contributed by atoms with van der Waals surface area (Å²) in [5.41, 5.74) is 6.22. The molecule has 0 unspecified atom stereocenters. The van der Waals surface area contributed by atoms with Crippen LogP contribution in [0.3, 0.4) is 0 Å². The molecule has 0 fully saturated rings. The monoisotopic (exact) mass is 292 g/mol. The van der Waals surface area contributed by atoms with Crippen LogP contribution >= 0.6 is 0 Å². The van der Waals surface area contributed by atoms with Crippen LogP contribution < -0.4 is 56.1 Å². The quantitative estimate of drug-likeness (QED) is 0.251. The normalized spacial score (nSPS) is 8.37. The minimum atomic E-state index is -1.09. The molecule has 8 heteroatoms. The van der Waals surface area contributed by atoms with Gasteiger partial charge in [-0.25, -0.2) is 0 Å². The molecule has 1 rings (SSSR count). The molecule has 1 aromatic rings. The van der Waals surface area contributed by atoms with Crippen molar-refractivity contribution in [3.63, 3.8) is 0 Å². The summed E-state index contributed by atoms with van der Waals surface area (Å²) in [5.74, 6) is -1.88. The molecule has 0 radical (unpaired) electrons. The number of hydrogen-bond acceptors (Lipinski definition) is 5. The van der Waals surface area contributed by atoms with Crippen LogP contribution in [0.4, 0.5) is 5.69 Å². The summed E-state index contributed by atoms with van der Waals surface area (Å²) >= 11 is 0. The number of carbonyl (C=O) groups excluding carboxylic acids is 2. The van der Waals surface area contributed by atoms with Gasteiger partial charge in [0.1, 0.15) is 5.75 Å². The number of rotatable bonds is 3. The number of hydrogen-bond donors (Lipinski definition) is 0. The van der Waals surface area contributed by atoms with Crippen LogP contribution in [0.5, 0.6) is 5.75 Å². The first-order valence-corrected chi connectivity index (χ1v) is 5.14. The van der Waals surface area contributed by atoms with Gasteiger partial charge in [-0.15, -0.1) is 0 Å². The minimum Gasteiger partial charge on any atom is -0.664 e. The van der Waals surface area contributed by atoms with Crippen molar-refractivity contribution in [3.05, 3.63) is 39.6 Å². The summed E-state index contributed by atoms with van der Waals surface area (Å²) in [5, 5.41) is 10.5. The van der Waals surface area contributed by atoms with E-state index in [-0.39, 0.29) is 62.7 Å². The Labute approximate surface area is 153 Å². The van der Waals surface area contributed by atoms with Crippen LogP contribution in [0.1, 0.15) is 31.1 Å². The Morgan fingerprint density at radius 3 is 2.16 bits per heavy atom. The molecule has 0 spiro atoms. The number of carbonyl (C=O) groups is 2. The van der Waals surface area contributed by atoms with E-state index >= 15 is 0 Å². The maximum absolute atomic E-state index is 10.8. The van der Waals surface area contributed by atoms with Gasteiger partial charge in [0, 0.05) is 18.6 Å². The van der Waals surface area contributed by atoms with Crippen molar-refractivity contribution in [3.8, 4) is 5.75 Å². The third kappa shape index (κ3) is 7.38. The number of esters is 1. The number of nitro groups is 1. The van der Waals surface area contributed by atoms with E-state index in [2.05, 4.69) is 4.74 Å². The van der Waals surface area contributed by atoms with Crippen LogP contribution in [-0.2, 0) is 4.79 Å². The molecule has 0 aliphatic rings. The molecule has 0 heterocycles. The molecule has 0 bridgehead atoms. The van der Waals surface area contributed by atoms with Crippen LogP contribution in [0, 0.1) is 10.1 Å². The summed E-state index contributed by atoms with van der Waals surface area (Å²) < 4.78 is 4.62. The van der Waals surface area contributed by atoms with Crippen LogP contribution in [0.2, 0.25) is 0 Å². The first kappa shape index (κ1) is 20.5. The molecule has 0 aliphatic heterocycles. The Morgan fingerprint density at radius 2 is 1.79 bits per heavy atom. The standard InChI is InChI=1S/C9H8N2O5.C2H6.K/c1-5(12)16-8-3-6(9(10)13)2-7(4-8)11(14)15;1-2;/h2-4H,1H3,(H2,10,13);1-2H3;/q;;+1/p-1. The topological polar surface area (TPSA) is 110 Å². The van der Waals surface area contributed by atoms with Gasteiger partial charge in [0.25, 0.3) is 5.69 Å². The smallest absolute Gasteiger partial charge is 0.664 e. The fourth-order valence-corrected chi connectivity index (χ4v) is 1.04. The van der Waals surface area contributed by atoms with Crippen molar-refractivity contribution in [1.82, 2.24) is 0 Å². The average Bonchev–Trinajstić information content (AvgIpc) is 2.30. The van der Waals surface area contributed by atoms with Gasteiger partial charge in [-0.05, 0) is 6.07 Å². The van der Waals surface area contributed by atoms with Crippen molar-refractivity contribution in [2.75, 3.05) is 0 Å². The number of amides is 1. The summed E-state index contributed by atoms with van der Waals surface area (Å²) in [6.45, 7) is 5.13. The zero-order chi connectivity index (χ0) is 14.3. The predicted molar refractivity (Wildman–Crippen MR) is 64.4 cm³/mol. The number of benzene rings is 1. The Morgan fingerprint density at radius 1 is 1.26 bits per heavy atom. The van der Waals surface area contributed by atoms with Gasteiger partial charge in [0.2, 0.25) is 0 Å². The van der Waals surface area contributed by atoms with Crippen LogP contribution in [0.15, 0.2) is 18.2 Å². The summed E-state index contributed by atoms with van der Waals surface area (Å²) in [6, 6.07) is 3.06. The molecule has 1 amide bonds. The SMILES string of the molecule is CC.CC(=O)Oc1cc(C([NH-])=O)cc([N+](=O)[O-])c1.[K+]. The first-order chi connectivity index (χ1) is 8.40. The molecule has 0 aliphatic carbocycles. The summed E-state index contributed by atoms with van der Waals surface area (Å²) in [4.78, 5) is 31.2. The summed E-state index contributed by atoms with van der Waals surface area (Å²) in [6.07, 6.45) is 0. The van der Waals surface area contributed by atoms with Crippen LogP contribution in [-0.4, -0.2) is 16.8 Å². The Hall–Kier alpha value is -0.804. The van der Waals surface area contributed by atoms with Crippen LogP contribution in [0.25, 0.3) is 5.73 Å². The van der Waals surface area contributed by atoms with Gasteiger partial charge in [0.05, 0.1) is 16.9 Å². The molecular weight excluding hydrogens is 279 g/mol. The van der Waals surface area contributed by atoms with E-state index in [9.17, 15) is 19.7 Å². The van der Waals surface area contributed by atoms with E-state index in [1.165, 1.54) is 0 Å². The molecule has 0 atom stereocenters. The van der Waals surface area contributed by atoms with E-state index < -0.39 is 22.5 Å².